The molecule has 0 spiro atoms. The van der Waals surface area contributed by atoms with Crippen LogP contribution in [-0.4, -0.2) is 57.2 Å². The van der Waals surface area contributed by atoms with Gasteiger partial charge in [-0.25, -0.2) is 4.98 Å². The summed E-state index contributed by atoms with van der Waals surface area (Å²) in [6.45, 7) is 11.5. The van der Waals surface area contributed by atoms with Crippen molar-refractivity contribution >= 4 is 11.6 Å². The topological polar surface area (TPSA) is 62.7 Å². The van der Waals surface area contributed by atoms with Crippen molar-refractivity contribution in [2.24, 2.45) is 0 Å². The number of aryl methyl sites for hydroxylation is 2. The highest BCUT2D eigenvalue weighted by molar-refractivity contribution is 5.47. The minimum absolute atomic E-state index is 0.458. The van der Waals surface area contributed by atoms with E-state index in [2.05, 4.69) is 43.9 Å². The summed E-state index contributed by atoms with van der Waals surface area (Å²) in [6, 6.07) is 6.25. The van der Waals surface area contributed by atoms with Crippen LogP contribution in [0.5, 0.6) is 0 Å². The van der Waals surface area contributed by atoms with E-state index in [1.807, 2.05) is 24.4 Å². The van der Waals surface area contributed by atoms with Crippen molar-refractivity contribution in [3.05, 3.63) is 41.7 Å². The number of fused-ring (bicyclic) bond motifs is 1. The summed E-state index contributed by atoms with van der Waals surface area (Å²) >= 11 is 0. The van der Waals surface area contributed by atoms with Crippen LogP contribution in [0.1, 0.15) is 36.5 Å². The van der Waals surface area contributed by atoms with E-state index >= 15 is 0 Å². The third-order valence-corrected chi connectivity index (χ3v) is 5.18. The van der Waals surface area contributed by atoms with Gasteiger partial charge in [0.2, 0.25) is 0 Å². The molecule has 7 heteroatoms. The highest BCUT2D eigenvalue weighted by atomic mass is 16.3. The lowest BCUT2D eigenvalue weighted by atomic mass is 10.0. The number of aromatic nitrogens is 4. The van der Waals surface area contributed by atoms with Crippen molar-refractivity contribution in [2.45, 2.75) is 33.1 Å². The summed E-state index contributed by atoms with van der Waals surface area (Å²) in [4.78, 5) is 13.6. The third-order valence-electron chi connectivity index (χ3n) is 5.18. The zero-order chi connectivity index (χ0) is 18.1. The summed E-state index contributed by atoms with van der Waals surface area (Å²) in [5, 5.41) is 4.33. The molecule has 26 heavy (non-hydrogen) atoms. The van der Waals surface area contributed by atoms with Gasteiger partial charge in [0.15, 0.2) is 0 Å². The fourth-order valence-corrected chi connectivity index (χ4v) is 3.57. The molecule has 138 valence electrons. The van der Waals surface area contributed by atoms with Gasteiger partial charge < -0.3 is 9.32 Å². The molecule has 1 saturated heterocycles. The van der Waals surface area contributed by atoms with Crippen LogP contribution in [0.2, 0.25) is 0 Å². The largest absolute Gasteiger partial charge is 0.466 e. The lowest BCUT2D eigenvalue weighted by molar-refractivity contribution is 0.245. The van der Waals surface area contributed by atoms with Crippen LogP contribution in [0.4, 0.5) is 5.82 Å². The Bertz CT molecular complexity index is 877. The highest BCUT2D eigenvalue weighted by Crippen LogP contribution is 2.23. The predicted octanol–water partition coefficient (Wildman–Crippen LogP) is 2.65. The second-order valence-corrected chi connectivity index (χ2v) is 7.19. The summed E-state index contributed by atoms with van der Waals surface area (Å²) in [5.41, 5.74) is 0.977. The molecule has 1 aliphatic rings. The first-order valence-electron chi connectivity index (χ1n) is 9.31. The molecule has 4 rings (SSSR count). The van der Waals surface area contributed by atoms with E-state index in [9.17, 15) is 0 Å². The van der Waals surface area contributed by atoms with Crippen LogP contribution in [0.25, 0.3) is 5.78 Å². The van der Waals surface area contributed by atoms with Gasteiger partial charge in [-0.3, -0.25) is 4.90 Å². The quantitative estimate of drug-likeness (QED) is 0.702. The standard InChI is InChI=1S/C19H26N6O/c1-14(17-5-4-16(3)26-17)6-7-23-8-10-24(11-9-23)18-12-15(2)22-19-20-13-21-25(18)19/h4-5,12-14H,6-11H2,1-3H3. The van der Waals surface area contributed by atoms with Crippen molar-refractivity contribution in [3.8, 4) is 0 Å². The lowest BCUT2D eigenvalue weighted by Crippen LogP contribution is -2.47. The van der Waals surface area contributed by atoms with Crippen LogP contribution < -0.4 is 4.90 Å². The summed E-state index contributed by atoms with van der Waals surface area (Å²) in [6.07, 6.45) is 2.69. The number of rotatable bonds is 5. The Morgan fingerprint density at radius 2 is 1.96 bits per heavy atom. The summed E-state index contributed by atoms with van der Waals surface area (Å²) < 4.78 is 7.59. The number of hydrogen-bond donors (Lipinski definition) is 0. The third kappa shape index (κ3) is 3.44. The molecule has 0 radical (unpaired) electrons. The van der Waals surface area contributed by atoms with Crippen LogP contribution in [-0.2, 0) is 0 Å². The van der Waals surface area contributed by atoms with Crippen molar-refractivity contribution in [2.75, 3.05) is 37.6 Å². The molecule has 1 atom stereocenters. The molecule has 1 fully saturated rings. The maximum atomic E-state index is 5.76. The number of hydrogen-bond acceptors (Lipinski definition) is 6. The average molecular weight is 354 g/mol. The fourth-order valence-electron chi connectivity index (χ4n) is 3.57. The molecule has 0 aromatic carbocycles. The second-order valence-electron chi connectivity index (χ2n) is 7.19. The molecule has 0 amide bonds. The Kier molecular flexibility index (Phi) is 4.63. The molecule has 4 heterocycles. The smallest absolute Gasteiger partial charge is 0.254 e. The summed E-state index contributed by atoms with van der Waals surface area (Å²) in [7, 11) is 0. The Hall–Kier alpha value is -2.41. The number of furan rings is 1. The van der Waals surface area contributed by atoms with Crippen LogP contribution in [0.15, 0.2) is 28.9 Å². The summed E-state index contributed by atoms with van der Waals surface area (Å²) in [5.74, 6) is 4.31. The minimum Gasteiger partial charge on any atom is -0.466 e. The Morgan fingerprint density at radius 1 is 1.15 bits per heavy atom. The van der Waals surface area contributed by atoms with Crippen molar-refractivity contribution in [1.29, 1.82) is 0 Å². The maximum Gasteiger partial charge on any atom is 0.254 e. The van der Waals surface area contributed by atoms with Gasteiger partial charge in [0, 0.05) is 43.9 Å². The molecule has 0 bridgehead atoms. The SMILES string of the molecule is Cc1cc(N2CCN(CCC(C)c3ccc(C)o3)CC2)n2ncnc2n1. The van der Waals surface area contributed by atoms with Crippen LogP contribution in [0.3, 0.4) is 0 Å². The van der Waals surface area contributed by atoms with E-state index in [0.29, 0.717) is 11.7 Å². The van der Waals surface area contributed by atoms with Gasteiger partial charge in [-0.2, -0.15) is 14.6 Å². The molecule has 3 aromatic rings. The monoisotopic (exact) mass is 354 g/mol. The van der Waals surface area contributed by atoms with Crippen LogP contribution >= 0.6 is 0 Å². The molecular formula is C19H26N6O. The Balaban J connectivity index is 1.34. The molecule has 3 aromatic heterocycles. The van der Waals surface area contributed by atoms with E-state index in [-0.39, 0.29) is 0 Å². The fraction of sp³-hybridized carbons (Fsp3) is 0.526. The van der Waals surface area contributed by atoms with Crippen molar-refractivity contribution < 1.29 is 4.42 Å². The predicted molar refractivity (Wildman–Crippen MR) is 101 cm³/mol. The first-order chi connectivity index (χ1) is 12.6. The molecule has 0 aliphatic carbocycles. The van der Waals surface area contributed by atoms with Gasteiger partial charge in [0.05, 0.1) is 0 Å². The number of piperazine rings is 1. The molecule has 7 nitrogen and oxygen atoms in total. The lowest BCUT2D eigenvalue weighted by Gasteiger charge is -2.36. The number of nitrogens with zero attached hydrogens (tertiary/aromatic N) is 6. The molecule has 0 saturated carbocycles. The number of anilines is 1. The zero-order valence-corrected chi connectivity index (χ0v) is 15.7. The maximum absolute atomic E-state index is 5.76. The first kappa shape index (κ1) is 17.0. The van der Waals surface area contributed by atoms with Crippen molar-refractivity contribution in [3.63, 3.8) is 0 Å². The normalized spacial score (nSPS) is 17.1. The Labute approximate surface area is 153 Å². The van der Waals surface area contributed by atoms with Gasteiger partial charge in [-0.1, -0.05) is 6.92 Å². The Morgan fingerprint density at radius 3 is 2.69 bits per heavy atom. The molecule has 1 aliphatic heterocycles. The van der Waals surface area contributed by atoms with E-state index in [4.69, 9.17) is 4.42 Å². The first-order valence-corrected chi connectivity index (χ1v) is 9.31. The van der Waals surface area contributed by atoms with E-state index < -0.39 is 0 Å². The van der Waals surface area contributed by atoms with Crippen LogP contribution in [0, 0.1) is 13.8 Å². The van der Waals surface area contributed by atoms with Gasteiger partial charge in [0.25, 0.3) is 5.78 Å². The van der Waals surface area contributed by atoms with Gasteiger partial charge in [0.1, 0.15) is 23.7 Å². The van der Waals surface area contributed by atoms with Gasteiger partial charge in [-0.15, -0.1) is 0 Å². The molecule has 1 unspecified atom stereocenters. The van der Waals surface area contributed by atoms with Gasteiger partial charge >= 0.3 is 0 Å². The van der Waals surface area contributed by atoms with E-state index in [1.165, 1.54) is 0 Å². The van der Waals surface area contributed by atoms with E-state index in [1.54, 1.807) is 6.33 Å². The average Bonchev–Trinajstić information content (AvgIpc) is 3.28. The zero-order valence-electron chi connectivity index (χ0n) is 15.7. The minimum atomic E-state index is 0.458. The van der Waals surface area contributed by atoms with E-state index in [0.717, 1.165) is 62.2 Å². The second kappa shape index (κ2) is 7.07. The molecular weight excluding hydrogens is 328 g/mol. The molecule has 0 N–H and O–H groups in total. The van der Waals surface area contributed by atoms with Gasteiger partial charge in [-0.05, 0) is 38.9 Å². The highest BCUT2D eigenvalue weighted by Gasteiger charge is 2.21. The van der Waals surface area contributed by atoms with Crippen molar-refractivity contribution in [1.82, 2.24) is 24.5 Å².